The molecule has 1 aromatic carbocycles. The smallest absolute Gasteiger partial charge is 0.0769 e. The minimum Gasteiger partial charge on any atom is -0.376 e. The number of aryl methyl sites for hydroxylation is 2. The van der Waals surface area contributed by atoms with Crippen LogP contribution in [0.4, 0.5) is 0 Å². The number of hydrogen-bond acceptors (Lipinski definition) is 2. The predicted octanol–water partition coefficient (Wildman–Crippen LogP) is 3.40. The number of hydrogen-bond donors (Lipinski definition) is 1. The molecule has 0 bridgehead atoms. The van der Waals surface area contributed by atoms with E-state index >= 15 is 0 Å². The van der Waals surface area contributed by atoms with Crippen LogP contribution in [-0.4, -0.2) is 19.3 Å². The van der Waals surface area contributed by atoms with E-state index in [9.17, 15) is 0 Å². The van der Waals surface area contributed by atoms with Crippen LogP contribution in [0.2, 0.25) is 0 Å². The number of rotatable bonds is 4. The molecule has 1 saturated heterocycles. The van der Waals surface area contributed by atoms with Gasteiger partial charge in [0, 0.05) is 6.61 Å². The van der Waals surface area contributed by atoms with E-state index in [0.717, 1.165) is 13.2 Å². The SMILES string of the molecule is CCNC(c1ccc2c(c1)CCC2)C1CCCCO1. The minimum atomic E-state index is 0.355. The van der Waals surface area contributed by atoms with Gasteiger partial charge in [0.15, 0.2) is 0 Å². The molecule has 2 heteroatoms. The van der Waals surface area contributed by atoms with Gasteiger partial charge in [-0.05, 0) is 61.8 Å². The molecule has 0 aromatic heterocycles. The van der Waals surface area contributed by atoms with Crippen molar-refractivity contribution in [1.29, 1.82) is 0 Å². The van der Waals surface area contributed by atoms with Crippen LogP contribution in [0.15, 0.2) is 18.2 Å². The lowest BCUT2D eigenvalue weighted by atomic mass is 9.93. The molecular formula is C17H25NO. The first-order valence-corrected chi connectivity index (χ1v) is 7.85. The number of benzene rings is 1. The largest absolute Gasteiger partial charge is 0.376 e. The van der Waals surface area contributed by atoms with Crippen LogP contribution >= 0.6 is 0 Å². The Bertz CT molecular complexity index is 423. The van der Waals surface area contributed by atoms with Crippen molar-refractivity contribution in [1.82, 2.24) is 5.32 Å². The molecule has 1 aliphatic carbocycles. The number of ether oxygens (including phenoxy) is 1. The molecule has 3 rings (SSSR count). The Morgan fingerprint density at radius 3 is 2.89 bits per heavy atom. The third-order valence-electron chi connectivity index (χ3n) is 4.49. The van der Waals surface area contributed by atoms with Gasteiger partial charge in [0.05, 0.1) is 12.1 Å². The van der Waals surface area contributed by atoms with Crippen LogP contribution in [0, 0.1) is 0 Å². The molecule has 0 spiro atoms. The summed E-state index contributed by atoms with van der Waals surface area (Å²) in [6.07, 6.45) is 7.92. The van der Waals surface area contributed by atoms with Crippen LogP contribution in [0.3, 0.4) is 0 Å². The van der Waals surface area contributed by atoms with E-state index in [1.54, 1.807) is 11.1 Å². The van der Waals surface area contributed by atoms with Gasteiger partial charge < -0.3 is 10.1 Å². The highest BCUT2D eigenvalue weighted by Gasteiger charge is 2.26. The first kappa shape index (κ1) is 13.1. The van der Waals surface area contributed by atoms with Crippen molar-refractivity contribution in [3.05, 3.63) is 34.9 Å². The second-order valence-electron chi connectivity index (χ2n) is 5.82. The fourth-order valence-corrected chi connectivity index (χ4v) is 3.50. The molecule has 2 aliphatic rings. The summed E-state index contributed by atoms with van der Waals surface area (Å²) in [6.45, 7) is 4.11. The van der Waals surface area contributed by atoms with E-state index in [2.05, 4.69) is 30.4 Å². The van der Waals surface area contributed by atoms with Gasteiger partial charge in [-0.2, -0.15) is 0 Å². The van der Waals surface area contributed by atoms with Crippen LogP contribution < -0.4 is 5.32 Å². The zero-order valence-corrected chi connectivity index (χ0v) is 12.0. The summed E-state index contributed by atoms with van der Waals surface area (Å²) in [5.41, 5.74) is 4.55. The molecule has 0 amide bonds. The number of fused-ring (bicyclic) bond motifs is 1. The molecule has 0 saturated carbocycles. The fourth-order valence-electron chi connectivity index (χ4n) is 3.50. The van der Waals surface area contributed by atoms with Crippen LogP contribution in [0.5, 0.6) is 0 Å². The second kappa shape index (κ2) is 6.06. The van der Waals surface area contributed by atoms with E-state index in [-0.39, 0.29) is 0 Å². The highest BCUT2D eigenvalue weighted by atomic mass is 16.5. The lowest BCUT2D eigenvalue weighted by Crippen LogP contribution is -2.36. The average molecular weight is 259 g/mol. The molecule has 2 nitrogen and oxygen atoms in total. The summed E-state index contributed by atoms with van der Waals surface area (Å²) in [5, 5.41) is 3.63. The van der Waals surface area contributed by atoms with E-state index < -0.39 is 0 Å². The van der Waals surface area contributed by atoms with Crippen molar-refractivity contribution < 1.29 is 4.74 Å². The lowest BCUT2D eigenvalue weighted by molar-refractivity contribution is -0.00787. The topological polar surface area (TPSA) is 21.3 Å². The van der Waals surface area contributed by atoms with Gasteiger partial charge in [-0.25, -0.2) is 0 Å². The van der Waals surface area contributed by atoms with Gasteiger partial charge in [0.1, 0.15) is 0 Å². The summed E-state index contributed by atoms with van der Waals surface area (Å²) in [6, 6.07) is 7.45. The molecule has 19 heavy (non-hydrogen) atoms. The van der Waals surface area contributed by atoms with Crippen molar-refractivity contribution in [2.45, 2.75) is 57.6 Å². The van der Waals surface area contributed by atoms with Crippen molar-refractivity contribution in [3.63, 3.8) is 0 Å². The normalized spacial score (nSPS) is 24.2. The van der Waals surface area contributed by atoms with Crippen LogP contribution in [-0.2, 0) is 17.6 Å². The van der Waals surface area contributed by atoms with E-state index in [1.165, 1.54) is 44.1 Å². The van der Waals surface area contributed by atoms with E-state index in [0.29, 0.717) is 12.1 Å². The Morgan fingerprint density at radius 1 is 1.21 bits per heavy atom. The summed E-state index contributed by atoms with van der Waals surface area (Å²) in [4.78, 5) is 0. The first-order valence-electron chi connectivity index (χ1n) is 7.85. The standard InChI is InChI=1S/C17H25NO/c1-2-18-17(16-8-3-4-11-19-16)15-10-9-13-6-5-7-14(13)12-15/h9-10,12,16-18H,2-8,11H2,1H3. The molecule has 2 unspecified atom stereocenters. The molecule has 1 N–H and O–H groups in total. The van der Waals surface area contributed by atoms with E-state index in [4.69, 9.17) is 4.74 Å². The van der Waals surface area contributed by atoms with Crippen molar-refractivity contribution in [3.8, 4) is 0 Å². The molecule has 104 valence electrons. The Kier molecular flexibility index (Phi) is 4.19. The van der Waals surface area contributed by atoms with E-state index in [1.807, 2.05) is 0 Å². The maximum Gasteiger partial charge on any atom is 0.0769 e. The molecule has 1 aliphatic heterocycles. The fraction of sp³-hybridized carbons (Fsp3) is 0.647. The third kappa shape index (κ3) is 2.85. The summed E-state index contributed by atoms with van der Waals surface area (Å²) in [7, 11) is 0. The van der Waals surface area contributed by atoms with Gasteiger partial charge in [0.2, 0.25) is 0 Å². The zero-order chi connectivity index (χ0) is 13.1. The van der Waals surface area contributed by atoms with Crippen molar-refractivity contribution in [2.24, 2.45) is 0 Å². The van der Waals surface area contributed by atoms with Crippen molar-refractivity contribution >= 4 is 0 Å². The monoisotopic (exact) mass is 259 g/mol. The van der Waals surface area contributed by atoms with Crippen LogP contribution in [0.25, 0.3) is 0 Å². The molecule has 2 atom stereocenters. The van der Waals surface area contributed by atoms with Crippen LogP contribution in [0.1, 0.15) is 55.3 Å². The summed E-state index contributed by atoms with van der Waals surface area (Å²) >= 11 is 0. The molecule has 1 heterocycles. The molecule has 0 radical (unpaired) electrons. The number of nitrogens with one attached hydrogen (secondary N) is 1. The Hall–Kier alpha value is -0.860. The minimum absolute atomic E-state index is 0.355. The predicted molar refractivity (Wildman–Crippen MR) is 78.5 cm³/mol. The highest BCUT2D eigenvalue weighted by Crippen LogP contribution is 2.30. The lowest BCUT2D eigenvalue weighted by Gasteiger charge is -2.31. The molecular weight excluding hydrogens is 234 g/mol. The Labute approximate surface area is 116 Å². The van der Waals surface area contributed by atoms with Crippen molar-refractivity contribution in [2.75, 3.05) is 13.2 Å². The Balaban J connectivity index is 1.82. The van der Waals surface area contributed by atoms with Gasteiger partial charge in [0.25, 0.3) is 0 Å². The Morgan fingerprint density at radius 2 is 2.11 bits per heavy atom. The maximum absolute atomic E-state index is 6.00. The van der Waals surface area contributed by atoms with Gasteiger partial charge >= 0.3 is 0 Å². The average Bonchev–Trinajstić information content (AvgIpc) is 2.93. The zero-order valence-electron chi connectivity index (χ0n) is 12.0. The summed E-state index contributed by atoms with van der Waals surface area (Å²) < 4.78 is 6.00. The maximum atomic E-state index is 6.00. The van der Waals surface area contributed by atoms with Gasteiger partial charge in [-0.1, -0.05) is 25.1 Å². The van der Waals surface area contributed by atoms with Gasteiger partial charge in [-0.15, -0.1) is 0 Å². The molecule has 1 fully saturated rings. The second-order valence-corrected chi connectivity index (χ2v) is 5.82. The first-order chi connectivity index (χ1) is 9.38. The quantitative estimate of drug-likeness (QED) is 0.895. The molecule has 1 aromatic rings. The highest BCUT2D eigenvalue weighted by molar-refractivity contribution is 5.37. The third-order valence-corrected chi connectivity index (χ3v) is 4.49. The van der Waals surface area contributed by atoms with Gasteiger partial charge in [-0.3, -0.25) is 0 Å². The number of likely N-dealkylation sites (N-methyl/N-ethyl adjacent to an activating group) is 1. The summed E-state index contributed by atoms with van der Waals surface area (Å²) in [5.74, 6) is 0.